The fourth-order valence-electron chi connectivity index (χ4n) is 2.32. The SMILES string of the molecule is CN(C)C(=O)c1cccc(C2CNCCN2C)c1. The fourth-order valence-corrected chi connectivity index (χ4v) is 2.32. The quantitative estimate of drug-likeness (QED) is 0.845. The second-order valence-corrected chi connectivity index (χ2v) is 5.03. The number of nitrogens with one attached hydrogen (secondary N) is 1. The monoisotopic (exact) mass is 247 g/mol. The van der Waals surface area contributed by atoms with E-state index in [2.05, 4.69) is 23.3 Å². The van der Waals surface area contributed by atoms with Crippen LogP contribution in [-0.2, 0) is 0 Å². The molecule has 0 aromatic heterocycles. The van der Waals surface area contributed by atoms with Crippen molar-refractivity contribution in [1.29, 1.82) is 0 Å². The van der Waals surface area contributed by atoms with E-state index in [4.69, 9.17) is 0 Å². The summed E-state index contributed by atoms with van der Waals surface area (Å²) in [7, 11) is 5.69. The van der Waals surface area contributed by atoms with E-state index < -0.39 is 0 Å². The van der Waals surface area contributed by atoms with Crippen molar-refractivity contribution >= 4 is 5.91 Å². The molecule has 18 heavy (non-hydrogen) atoms. The Balaban J connectivity index is 2.23. The van der Waals surface area contributed by atoms with Gasteiger partial charge < -0.3 is 10.2 Å². The van der Waals surface area contributed by atoms with Gasteiger partial charge in [-0.05, 0) is 24.7 Å². The highest BCUT2D eigenvalue weighted by Crippen LogP contribution is 2.21. The first-order chi connectivity index (χ1) is 8.59. The van der Waals surface area contributed by atoms with E-state index in [1.807, 2.05) is 18.2 Å². The van der Waals surface area contributed by atoms with Crippen LogP contribution in [0.3, 0.4) is 0 Å². The van der Waals surface area contributed by atoms with Gasteiger partial charge in [-0.3, -0.25) is 9.69 Å². The van der Waals surface area contributed by atoms with Gasteiger partial charge in [-0.25, -0.2) is 0 Å². The maximum Gasteiger partial charge on any atom is 0.253 e. The minimum atomic E-state index is 0.0586. The summed E-state index contributed by atoms with van der Waals surface area (Å²) >= 11 is 0. The van der Waals surface area contributed by atoms with Gasteiger partial charge in [-0.1, -0.05) is 12.1 Å². The van der Waals surface area contributed by atoms with Crippen LogP contribution in [-0.4, -0.2) is 56.5 Å². The zero-order valence-electron chi connectivity index (χ0n) is 11.3. The summed E-state index contributed by atoms with van der Waals surface area (Å²) in [6.07, 6.45) is 0. The molecule has 4 heteroatoms. The third-order valence-corrected chi connectivity index (χ3v) is 3.44. The molecule has 0 radical (unpaired) electrons. The molecule has 1 atom stereocenters. The van der Waals surface area contributed by atoms with E-state index in [1.165, 1.54) is 5.56 Å². The third-order valence-electron chi connectivity index (χ3n) is 3.44. The lowest BCUT2D eigenvalue weighted by atomic mass is 10.0. The summed E-state index contributed by atoms with van der Waals surface area (Å²) in [4.78, 5) is 15.9. The van der Waals surface area contributed by atoms with Crippen molar-refractivity contribution in [2.45, 2.75) is 6.04 Å². The van der Waals surface area contributed by atoms with E-state index in [9.17, 15) is 4.79 Å². The molecule has 1 saturated heterocycles. The molecule has 1 heterocycles. The number of benzene rings is 1. The smallest absolute Gasteiger partial charge is 0.253 e. The molecule has 1 fully saturated rings. The number of nitrogens with zero attached hydrogens (tertiary/aromatic N) is 2. The Kier molecular flexibility index (Phi) is 3.99. The van der Waals surface area contributed by atoms with Crippen LogP contribution >= 0.6 is 0 Å². The number of rotatable bonds is 2. The number of carbonyl (C=O) groups is 1. The number of piperazine rings is 1. The zero-order valence-corrected chi connectivity index (χ0v) is 11.3. The Labute approximate surface area is 109 Å². The minimum Gasteiger partial charge on any atom is -0.345 e. The molecule has 98 valence electrons. The van der Waals surface area contributed by atoms with Crippen LogP contribution < -0.4 is 5.32 Å². The van der Waals surface area contributed by atoms with Crippen LogP contribution in [0.15, 0.2) is 24.3 Å². The van der Waals surface area contributed by atoms with Crippen LogP contribution in [0, 0.1) is 0 Å². The largest absolute Gasteiger partial charge is 0.345 e. The van der Waals surface area contributed by atoms with E-state index in [0.717, 1.165) is 25.2 Å². The predicted molar refractivity (Wildman–Crippen MR) is 72.7 cm³/mol. The first-order valence-corrected chi connectivity index (χ1v) is 6.32. The molecule has 1 aliphatic heterocycles. The second-order valence-electron chi connectivity index (χ2n) is 5.03. The maximum atomic E-state index is 12.0. The van der Waals surface area contributed by atoms with E-state index >= 15 is 0 Å². The molecular formula is C14H21N3O. The lowest BCUT2D eigenvalue weighted by Crippen LogP contribution is -2.43. The van der Waals surface area contributed by atoms with Gasteiger partial charge in [-0.15, -0.1) is 0 Å². The summed E-state index contributed by atoms with van der Waals surface area (Å²) in [6, 6.07) is 8.31. The number of amides is 1. The van der Waals surface area contributed by atoms with Crippen LogP contribution in [0.5, 0.6) is 0 Å². The van der Waals surface area contributed by atoms with Gasteiger partial charge >= 0.3 is 0 Å². The molecule has 0 spiro atoms. The molecule has 2 rings (SSSR count). The summed E-state index contributed by atoms with van der Waals surface area (Å²) in [5, 5.41) is 3.40. The number of likely N-dealkylation sites (N-methyl/N-ethyl adjacent to an activating group) is 1. The van der Waals surface area contributed by atoms with Crippen molar-refractivity contribution in [2.24, 2.45) is 0 Å². The lowest BCUT2D eigenvalue weighted by molar-refractivity contribution is 0.0827. The summed E-state index contributed by atoms with van der Waals surface area (Å²) < 4.78 is 0. The van der Waals surface area contributed by atoms with Crippen molar-refractivity contribution in [3.63, 3.8) is 0 Å². The molecule has 1 aromatic rings. The molecule has 1 unspecified atom stereocenters. The number of hydrogen-bond donors (Lipinski definition) is 1. The Hall–Kier alpha value is -1.39. The highest BCUT2D eigenvalue weighted by Gasteiger charge is 2.21. The van der Waals surface area contributed by atoms with Gasteiger partial charge in [0, 0.05) is 45.3 Å². The Morgan fingerprint density at radius 1 is 1.44 bits per heavy atom. The highest BCUT2D eigenvalue weighted by molar-refractivity contribution is 5.94. The Morgan fingerprint density at radius 3 is 2.89 bits per heavy atom. The van der Waals surface area contributed by atoms with Crippen molar-refractivity contribution in [3.05, 3.63) is 35.4 Å². The summed E-state index contributed by atoms with van der Waals surface area (Å²) in [5.74, 6) is 0.0586. The van der Waals surface area contributed by atoms with Gasteiger partial charge in [0.2, 0.25) is 0 Å². The molecule has 0 bridgehead atoms. The number of carbonyl (C=O) groups excluding carboxylic acids is 1. The summed E-state index contributed by atoms with van der Waals surface area (Å²) in [5.41, 5.74) is 1.97. The average molecular weight is 247 g/mol. The van der Waals surface area contributed by atoms with Gasteiger partial charge in [-0.2, -0.15) is 0 Å². The molecule has 1 amide bonds. The van der Waals surface area contributed by atoms with Crippen LogP contribution in [0.2, 0.25) is 0 Å². The Morgan fingerprint density at radius 2 is 2.22 bits per heavy atom. The average Bonchev–Trinajstić information content (AvgIpc) is 2.38. The van der Waals surface area contributed by atoms with Crippen molar-refractivity contribution in [2.75, 3.05) is 40.8 Å². The van der Waals surface area contributed by atoms with Crippen molar-refractivity contribution < 1.29 is 4.79 Å². The summed E-state index contributed by atoms with van der Waals surface area (Å²) in [6.45, 7) is 3.01. The lowest BCUT2D eigenvalue weighted by Gasteiger charge is -2.33. The second kappa shape index (κ2) is 5.50. The fraction of sp³-hybridized carbons (Fsp3) is 0.500. The van der Waals surface area contributed by atoms with Crippen LogP contribution in [0.4, 0.5) is 0 Å². The van der Waals surface area contributed by atoms with Gasteiger partial charge in [0.15, 0.2) is 0 Å². The Bertz CT molecular complexity index is 431. The van der Waals surface area contributed by atoms with E-state index in [-0.39, 0.29) is 5.91 Å². The third kappa shape index (κ3) is 2.71. The molecule has 1 N–H and O–H groups in total. The molecular weight excluding hydrogens is 226 g/mol. The topological polar surface area (TPSA) is 35.6 Å². The number of hydrogen-bond acceptors (Lipinski definition) is 3. The molecule has 1 aliphatic rings. The van der Waals surface area contributed by atoms with Crippen molar-refractivity contribution in [1.82, 2.24) is 15.1 Å². The highest BCUT2D eigenvalue weighted by atomic mass is 16.2. The molecule has 4 nitrogen and oxygen atoms in total. The maximum absolute atomic E-state index is 12.0. The molecule has 0 saturated carbocycles. The van der Waals surface area contributed by atoms with Crippen LogP contribution in [0.1, 0.15) is 22.0 Å². The first kappa shape index (κ1) is 13.1. The van der Waals surface area contributed by atoms with E-state index in [0.29, 0.717) is 6.04 Å². The van der Waals surface area contributed by atoms with Gasteiger partial charge in [0.25, 0.3) is 5.91 Å². The zero-order chi connectivity index (χ0) is 13.1. The molecule has 0 aliphatic carbocycles. The predicted octanol–water partition coefficient (Wildman–Crippen LogP) is 0.964. The van der Waals surface area contributed by atoms with E-state index in [1.54, 1.807) is 19.0 Å². The van der Waals surface area contributed by atoms with Crippen molar-refractivity contribution in [3.8, 4) is 0 Å². The van der Waals surface area contributed by atoms with Gasteiger partial charge in [0.05, 0.1) is 0 Å². The van der Waals surface area contributed by atoms with Crippen LogP contribution in [0.25, 0.3) is 0 Å². The van der Waals surface area contributed by atoms with Gasteiger partial charge in [0.1, 0.15) is 0 Å². The first-order valence-electron chi connectivity index (χ1n) is 6.32. The minimum absolute atomic E-state index is 0.0586. The normalized spacial score (nSPS) is 20.7. The molecule has 1 aromatic carbocycles. The standard InChI is InChI=1S/C14H21N3O/c1-16(2)14(18)12-6-4-5-11(9-12)13-10-15-7-8-17(13)3/h4-6,9,13,15H,7-8,10H2,1-3H3.